The molecule has 0 unspecified atom stereocenters. The van der Waals surface area contributed by atoms with Crippen molar-refractivity contribution in [3.8, 4) is 0 Å². The van der Waals surface area contributed by atoms with E-state index in [1.54, 1.807) is 0 Å². The van der Waals surface area contributed by atoms with E-state index in [9.17, 15) is 14.4 Å². The van der Waals surface area contributed by atoms with Crippen LogP contribution in [0.4, 0.5) is 0 Å². The molecule has 27 heavy (non-hydrogen) atoms. The van der Waals surface area contributed by atoms with Gasteiger partial charge >= 0.3 is 5.97 Å². The third kappa shape index (κ3) is 15.1. The average molecular weight is 387 g/mol. The minimum Gasteiger partial charge on any atom is -0.467 e. The van der Waals surface area contributed by atoms with E-state index in [1.165, 1.54) is 7.11 Å². The predicted molar refractivity (Wildman–Crippen MR) is 106 cm³/mol. The molecule has 0 saturated carbocycles. The first kappa shape index (κ1) is 25.3. The average Bonchev–Trinajstić information content (AvgIpc) is 2.66. The number of amides is 2. The van der Waals surface area contributed by atoms with E-state index in [-0.39, 0.29) is 11.8 Å². The largest absolute Gasteiger partial charge is 0.467 e. The molecule has 0 bridgehead atoms. The fraction of sp³-hybridized carbons (Fsp3) is 0.842. The van der Waals surface area contributed by atoms with Crippen LogP contribution in [0.5, 0.6) is 0 Å². The van der Waals surface area contributed by atoms with Crippen molar-refractivity contribution in [3.05, 3.63) is 0 Å². The SMILES string of the molecule is COC(=O)[C@H](CCCCNC(=O)CCCCCN)NC(=O)CCCCCN. The van der Waals surface area contributed by atoms with Crippen molar-refractivity contribution in [3.63, 3.8) is 0 Å². The van der Waals surface area contributed by atoms with Gasteiger partial charge in [-0.1, -0.05) is 12.8 Å². The summed E-state index contributed by atoms with van der Waals surface area (Å²) in [5.41, 5.74) is 10.8. The Balaban J connectivity index is 3.95. The smallest absolute Gasteiger partial charge is 0.328 e. The van der Waals surface area contributed by atoms with Crippen LogP contribution in [-0.2, 0) is 19.1 Å². The van der Waals surface area contributed by atoms with Crippen molar-refractivity contribution in [1.29, 1.82) is 0 Å². The van der Waals surface area contributed by atoms with Crippen LogP contribution in [0.2, 0.25) is 0 Å². The zero-order chi connectivity index (χ0) is 20.3. The van der Waals surface area contributed by atoms with Crippen LogP contribution >= 0.6 is 0 Å². The Morgan fingerprint density at radius 2 is 1.41 bits per heavy atom. The zero-order valence-electron chi connectivity index (χ0n) is 16.8. The standard InChI is InChI=1S/C19H38N4O4/c1-27-19(26)16(23-18(25)12-5-3-8-14-21)10-6-9-15-22-17(24)11-4-2-7-13-20/h16H,2-15,20-21H2,1H3,(H,22,24)(H,23,25)/t16-/m0/s1. The number of hydrogen-bond acceptors (Lipinski definition) is 6. The molecule has 0 spiro atoms. The van der Waals surface area contributed by atoms with Gasteiger partial charge in [-0.25, -0.2) is 4.79 Å². The van der Waals surface area contributed by atoms with E-state index >= 15 is 0 Å². The Morgan fingerprint density at radius 1 is 0.815 bits per heavy atom. The maximum atomic E-state index is 11.9. The van der Waals surface area contributed by atoms with Gasteiger partial charge in [0.2, 0.25) is 11.8 Å². The second-order valence-electron chi connectivity index (χ2n) is 6.69. The Morgan fingerprint density at radius 3 is 1.96 bits per heavy atom. The van der Waals surface area contributed by atoms with Crippen molar-refractivity contribution in [2.45, 2.75) is 76.7 Å². The lowest BCUT2D eigenvalue weighted by atomic mass is 10.1. The van der Waals surface area contributed by atoms with Crippen molar-refractivity contribution in [1.82, 2.24) is 10.6 Å². The monoisotopic (exact) mass is 386 g/mol. The summed E-state index contributed by atoms with van der Waals surface area (Å²) in [6.45, 7) is 1.85. The second kappa shape index (κ2) is 17.7. The van der Waals surface area contributed by atoms with E-state index < -0.39 is 12.0 Å². The van der Waals surface area contributed by atoms with Gasteiger partial charge in [-0.2, -0.15) is 0 Å². The van der Waals surface area contributed by atoms with E-state index in [1.807, 2.05) is 0 Å². The number of carbonyl (C=O) groups excluding carboxylic acids is 3. The van der Waals surface area contributed by atoms with Gasteiger partial charge in [-0.3, -0.25) is 9.59 Å². The normalized spacial score (nSPS) is 11.7. The van der Waals surface area contributed by atoms with Gasteiger partial charge in [-0.05, 0) is 58.0 Å². The number of hydrogen-bond donors (Lipinski definition) is 4. The Hall–Kier alpha value is -1.67. The van der Waals surface area contributed by atoms with E-state index in [2.05, 4.69) is 10.6 Å². The summed E-state index contributed by atoms with van der Waals surface area (Å²) in [6.07, 6.45) is 8.17. The molecule has 8 nitrogen and oxygen atoms in total. The number of esters is 1. The zero-order valence-corrected chi connectivity index (χ0v) is 16.8. The molecule has 0 heterocycles. The summed E-state index contributed by atoms with van der Waals surface area (Å²) in [7, 11) is 1.31. The van der Waals surface area contributed by atoms with Crippen LogP contribution in [0.25, 0.3) is 0 Å². The highest BCUT2D eigenvalue weighted by Gasteiger charge is 2.20. The number of unbranched alkanes of at least 4 members (excludes halogenated alkanes) is 5. The van der Waals surface area contributed by atoms with Crippen LogP contribution in [0.1, 0.15) is 70.6 Å². The summed E-state index contributed by atoms with van der Waals surface area (Å²) in [5, 5.41) is 5.62. The highest BCUT2D eigenvalue weighted by atomic mass is 16.5. The van der Waals surface area contributed by atoms with Gasteiger partial charge in [0.25, 0.3) is 0 Å². The molecule has 0 aromatic heterocycles. The summed E-state index contributed by atoms with van der Waals surface area (Å²) >= 11 is 0. The van der Waals surface area contributed by atoms with Gasteiger partial charge in [0.1, 0.15) is 6.04 Å². The summed E-state index contributed by atoms with van der Waals surface area (Å²) in [6, 6.07) is -0.635. The maximum absolute atomic E-state index is 11.9. The lowest BCUT2D eigenvalue weighted by molar-refractivity contribution is -0.145. The van der Waals surface area contributed by atoms with Gasteiger partial charge < -0.3 is 26.8 Å². The van der Waals surface area contributed by atoms with Crippen LogP contribution < -0.4 is 22.1 Å². The van der Waals surface area contributed by atoms with E-state index in [4.69, 9.17) is 16.2 Å². The molecule has 0 aromatic rings. The summed E-state index contributed by atoms with van der Waals surface area (Å²) in [5.74, 6) is -0.537. The first-order valence-electron chi connectivity index (χ1n) is 10.1. The molecule has 0 rings (SSSR count). The molecule has 0 aliphatic carbocycles. The molecule has 0 aliphatic heterocycles. The maximum Gasteiger partial charge on any atom is 0.328 e. The van der Waals surface area contributed by atoms with E-state index in [0.717, 1.165) is 44.9 Å². The second-order valence-corrected chi connectivity index (χ2v) is 6.69. The van der Waals surface area contributed by atoms with Gasteiger partial charge in [0.15, 0.2) is 0 Å². The number of methoxy groups -OCH3 is 1. The fourth-order valence-corrected chi connectivity index (χ4v) is 2.66. The van der Waals surface area contributed by atoms with Crippen molar-refractivity contribution >= 4 is 17.8 Å². The molecule has 1 atom stereocenters. The summed E-state index contributed by atoms with van der Waals surface area (Å²) in [4.78, 5) is 35.5. The molecular formula is C19H38N4O4. The minimum absolute atomic E-state index is 0.0438. The first-order chi connectivity index (χ1) is 13.0. The minimum atomic E-state index is -0.635. The third-order valence-electron chi connectivity index (χ3n) is 4.28. The Bertz CT molecular complexity index is 419. The molecule has 6 N–H and O–H groups in total. The molecule has 158 valence electrons. The summed E-state index contributed by atoms with van der Waals surface area (Å²) < 4.78 is 4.77. The van der Waals surface area contributed by atoms with E-state index in [0.29, 0.717) is 45.3 Å². The molecular weight excluding hydrogens is 348 g/mol. The van der Waals surface area contributed by atoms with Crippen molar-refractivity contribution in [2.75, 3.05) is 26.7 Å². The predicted octanol–water partition coefficient (Wildman–Crippen LogP) is 0.969. The van der Waals surface area contributed by atoms with Crippen LogP contribution in [0.3, 0.4) is 0 Å². The van der Waals surface area contributed by atoms with Crippen molar-refractivity contribution in [2.24, 2.45) is 11.5 Å². The highest BCUT2D eigenvalue weighted by molar-refractivity contribution is 5.84. The molecule has 0 fully saturated rings. The molecule has 2 amide bonds. The van der Waals surface area contributed by atoms with Gasteiger partial charge in [-0.15, -0.1) is 0 Å². The van der Waals surface area contributed by atoms with Crippen LogP contribution in [-0.4, -0.2) is 50.6 Å². The Kier molecular flexibility index (Phi) is 16.6. The van der Waals surface area contributed by atoms with Crippen LogP contribution in [0.15, 0.2) is 0 Å². The Labute approximate surface area is 163 Å². The molecule has 8 heteroatoms. The molecule has 0 saturated heterocycles. The number of nitrogens with one attached hydrogen (secondary N) is 2. The van der Waals surface area contributed by atoms with Crippen LogP contribution in [0, 0.1) is 0 Å². The lowest BCUT2D eigenvalue weighted by Crippen LogP contribution is -2.41. The fourth-order valence-electron chi connectivity index (χ4n) is 2.66. The van der Waals surface area contributed by atoms with Gasteiger partial charge in [0.05, 0.1) is 7.11 Å². The van der Waals surface area contributed by atoms with Gasteiger partial charge in [0, 0.05) is 19.4 Å². The first-order valence-corrected chi connectivity index (χ1v) is 10.1. The molecule has 0 radical (unpaired) electrons. The number of carbonyl (C=O) groups is 3. The molecule has 0 aromatic carbocycles. The highest BCUT2D eigenvalue weighted by Crippen LogP contribution is 2.05. The topological polar surface area (TPSA) is 137 Å². The van der Waals surface area contributed by atoms with Crippen molar-refractivity contribution < 1.29 is 19.1 Å². The number of rotatable bonds is 17. The lowest BCUT2D eigenvalue weighted by Gasteiger charge is -2.16. The quantitative estimate of drug-likeness (QED) is 0.217. The third-order valence-corrected chi connectivity index (χ3v) is 4.28. The molecule has 0 aliphatic rings. The number of ether oxygens (including phenoxy) is 1. The number of nitrogens with two attached hydrogens (primary N) is 2.